The molecule has 4 rings (SSSR count). The number of ether oxygens (including phenoxy) is 2. The summed E-state index contributed by atoms with van der Waals surface area (Å²) in [6.45, 7) is 4.07. The molecule has 2 fully saturated rings. The van der Waals surface area contributed by atoms with Crippen LogP contribution in [0.2, 0.25) is 0 Å². The van der Waals surface area contributed by atoms with Gasteiger partial charge in [-0.1, -0.05) is 18.2 Å². The van der Waals surface area contributed by atoms with Crippen LogP contribution in [0, 0.1) is 5.82 Å². The lowest BCUT2D eigenvalue weighted by Crippen LogP contribution is -2.49. The summed E-state index contributed by atoms with van der Waals surface area (Å²) >= 11 is 0. The highest BCUT2D eigenvalue weighted by molar-refractivity contribution is 5.37. The van der Waals surface area contributed by atoms with Gasteiger partial charge in [0, 0.05) is 30.8 Å². The topological polar surface area (TPSA) is 41.9 Å². The molecule has 0 aliphatic carbocycles. The van der Waals surface area contributed by atoms with Gasteiger partial charge in [-0.05, 0) is 68.0 Å². The zero-order valence-electron chi connectivity index (χ0n) is 17.2. The molecule has 4 nitrogen and oxygen atoms in total. The Morgan fingerprint density at radius 3 is 2.41 bits per heavy atom. The average molecular weight is 400 g/mol. The van der Waals surface area contributed by atoms with Crippen LogP contribution in [0.4, 0.5) is 4.39 Å². The van der Waals surface area contributed by atoms with Crippen molar-refractivity contribution in [2.45, 2.75) is 63.4 Å². The lowest BCUT2D eigenvalue weighted by atomic mass is 9.80. The van der Waals surface area contributed by atoms with Crippen LogP contribution >= 0.6 is 0 Å². The first-order valence-electron chi connectivity index (χ1n) is 10.5. The molecule has 2 aromatic carbocycles. The maximum absolute atomic E-state index is 13.3. The molecule has 0 amide bonds. The first-order chi connectivity index (χ1) is 14.0. The van der Waals surface area contributed by atoms with Gasteiger partial charge in [0.2, 0.25) is 0 Å². The van der Waals surface area contributed by atoms with E-state index in [2.05, 4.69) is 17.0 Å². The van der Waals surface area contributed by atoms with E-state index in [1.54, 1.807) is 19.2 Å². The minimum atomic E-state index is -0.865. The summed E-state index contributed by atoms with van der Waals surface area (Å²) in [5, 5.41) is 11.3. The molecule has 0 spiro atoms. The molecular formula is C24H30FNO3. The highest BCUT2D eigenvalue weighted by Gasteiger charge is 2.48. The molecule has 2 aliphatic heterocycles. The first-order valence-corrected chi connectivity index (χ1v) is 10.5. The van der Waals surface area contributed by atoms with Crippen molar-refractivity contribution in [2.75, 3.05) is 13.7 Å². The van der Waals surface area contributed by atoms with E-state index in [0.29, 0.717) is 38.1 Å². The van der Waals surface area contributed by atoms with Crippen molar-refractivity contribution in [1.29, 1.82) is 0 Å². The van der Waals surface area contributed by atoms with E-state index in [1.165, 1.54) is 17.7 Å². The van der Waals surface area contributed by atoms with Gasteiger partial charge in [-0.25, -0.2) is 4.39 Å². The number of halogens is 1. The lowest BCUT2D eigenvalue weighted by molar-refractivity contribution is -0.0595. The summed E-state index contributed by atoms with van der Waals surface area (Å²) in [7, 11) is 1.69. The van der Waals surface area contributed by atoms with Gasteiger partial charge in [0.15, 0.2) is 0 Å². The predicted octanol–water partition coefficient (Wildman–Crippen LogP) is 4.39. The Labute approximate surface area is 172 Å². The van der Waals surface area contributed by atoms with Gasteiger partial charge in [-0.3, -0.25) is 4.90 Å². The number of fused-ring (bicyclic) bond motifs is 2. The molecule has 0 unspecified atom stereocenters. The summed E-state index contributed by atoms with van der Waals surface area (Å²) in [4.78, 5) is 2.53. The minimum Gasteiger partial charge on any atom is -0.496 e. The van der Waals surface area contributed by atoms with Crippen LogP contribution in [0.3, 0.4) is 0 Å². The quantitative estimate of drug-likeness (QED) is 0.750. The molecule has 2 aliphatic rings. The van der Waals surface area contributed by atoms with E-state index < -0.39 is 5.60 Å². The zero-order chi connectivity index (χ0) is 20.4. The van der Waals surface area contributed by atoms with Crippen LogP contribution in [-0.4, -0.2) is 35.8 Å². The Balaban J connectivity index is 1.50. The molecule has 1 N–H and O–H groups in total. The molecule has 0 saturated carbocycles. The van der Waals surface area contributed by atoms with Crippen molar-refractivity contribution in [2.24, 2.45) is 0 Å². The van der Waals surface area contributed by atoms with Crippen molar-refractivity contribution >= 4 is 0 Å². The number of nitrogens with zero attached hydrogens (tertiary/aromatic N) is 1. The molecule has 2 heterocycles. The normalized spacial score (nSPS) is 26.6. The molecule has 5 heteroatoms. The zero-order valence-corrected chi connectivity index (χ0v) is 17.2. The average Bonchev–Trinajstić information content (AvgIpc) is 2.96. The summed E-state index contributed by atoms with van der Waals surface area (Å²) < 4.78 is 24.4. The van der Waals surface area contributed by atoms with Gasteiger partial charge in [0.25, 0.3) is 0 Å². The molecule has 2 aromatic rings. The number of benzene rings is 2. The smallest absolute Gasteiger partial charge is 0.124 e. The number of hydrogen-bond donors (Lipinski definition) is 1. The van der Waals surface area contributed by atoms with Gasteiger partial charge in [0.05, 0.1) is 19.3 Å². The van der Waals surface area contributed by atoms with Crippen LogP contribution < -0.4 is 4.74 Å². The van der Waals surface area contributed by atoms with Crippen LogP contribution in [0.1, 0.15) is 49.3 Å². The number of rotatable bonds is 7. The second kappa shape index (κ2) is 8.42. The lowest BCUT2D eigenvalue weighted by Gasteiger charge is -2.44. The van der Waals surface area contributed by atoms with E-state index in [0.717, 1.165) is 36.3 Å². The summed E-state index contributed by atoms with van der Waals surface area (Å²) in [6.07, 6.45) is 3.57. The Hall–Kier alpha value is -1.95. The fourth-order valence-electron chi connectivity index (χ4n) is 5.04. The van der Waals surface area contributed by atoms with Crippen LogP contribution in [0.25, 0.3) is 0 Å². The molecule has 156 valence electrons. The SMILES string of the molecule is CCOCc1cc(CN2[C@@H]3CC[C@@H]2CC(O)(c2ccc(F)cc2)C3)ccc1OC. The maximum Gasteiger partial charge on any atom is 0.124 e. The standard InChI is InChI=1S/C24H30FNO3/c1-3-29-16-18-12-17(4-11-23(18)28-2)15-26-21-9-10-22(26)14-24(27,13-21)19-5-7-20(25)8-6-19/h4-8,11-12,21-22,27H,3,9-10,13-16H2,1-2H3/t21-,22-/m1/s1. The van der Waals surface area contributed by atoms with Gasteiger partial charge in [0.1, 0.15) is 11.6 Å². The van der Waals surface area contributed by atoms with E-state index in [-0.39, 0.29) is 5.82 Å². The highest BCUT2D eigenvalue weighted by Crippen LogP contribution is 2.46. The number of aliphatic hydroxyl groups is 1. The summed E-state index contributed by atoms with van der Waals surface area (Å²) in [6, 6.07) is 13.3. The van der Waals surface area contributed by atoms with E-state index in [9.17, 15) is 9.50 Å². The number of hydrogen-bond acceptors (Lipinski definition) is 4. The second-order valence-corrected chi connectivity index (χ2v) is 8.29. The first kappa shape index (κ1) is 20.3. The van der Waals surface area contributed by atoms with Crippen LogP contribution in [0.5, 0.6) is 5.75 Å². The summed E-state index contributed by atoms with van der Waals surface area (Å²) in [5.74, 6) is 0.592. The predicted molar refractivity (Wildman–Crippen MR) is 110 cm³/mol. The van der Waals surface area contributed by atoms with E-state index in [1.807, 2.05) is 13.0 Å². The Morgan fingerprint density at radius 1 is 1.10 bits per heavy atom. The molecule has 0 radical (unpaired) electrons. The molecule has 2 saturated heterocycles. The fourth-order valence-corrected chi connectivity index (χ4v) is 5.04. The minimum absolute atomic E-state index is 0.264. The molecule has 29 heavy (non-hydrogen) atoms. The molecule has 0 aromatic heterocycles. The maximum atomic E-state index is 13.3. The van der Waals surface area contributed by atoms with Crippen LogP contribution in [0.15, 0.2) is 42.5 Å². The largest absolute Gasteiger partial charge is 0.496 e. The molecule has 2 atom stereocenters. The molecular weight excluding hydrogens is 369 g/mol. The van der Waals surface area contributed by atoms with E-state index in [4.69, 9.17) is 9.47 Å². The van der Waals surface area contributed by atoms with Gasteiger partial charge >= 0.3 is 0 Å². The van der Waals surface area contributed by atoms with Gasteiger partial charge < -0.3 is 14.6 Å². The number of piperidine rings is 1. The van der Waals surface area contributed by atoms with Crippen LogP contribution in [-0.2, 0) is 23.5 Å². The fraction of sp³-hybridized carbons (Fsp3) is 0.500. The van der Waals surface area contributed by atoms with Crippen molar-refractivity contribution in [3.63, 3.8) is 0 Å². The van der Waals surface area contributed by atoms with Gasteiger partial charge in [-0.15, -0.1) is 0 Å². The van der Waals surface area contributed by atoms with Gasteiger partial charge in [-0.2, -0.15) is 0 Å². The van der Waals surface area contributed by atoms with Crippen molar-refractivity contribution in [1.82, 2.24) is 4.90 Å². The monoisotopic (exact) mass is 399 g/mol. The Bertz CT molecular complexity index is 825. The Kier molecular flexibility index (Phi) is 5.91. The van der Waals surface area contributed by atoms with Crippen molar-refractivity contribution in [3.05, 3.63) is 65.0 Å². The summed E-state index contributed by atoms with van der Waals surface area (Å²) in [5.41, 5.74) is 2.28. The van der Waals surface area contributed by atoms with E-state index >= 15 is 0 Å². The Morgan fingerprint density at radius 2 is 1.79 bits per heavy atom. The third-order valence-corrected chi connectivity index (χ3v) is 6.47. The molecule has 2 bridgehead atoms. The van der Waals surface area contributed by atoms with Crippen molar-refractivity contribution < 1.29 is 19.0 Å². The van der Waals surface area contributed by atoms with Crippen molar-refractivity contribution in [3.8, 4) is 5.75 Å². The second-order valence-electron chi connectivity index (χ2n) is 8.29. The third kappa shape index (κ3) is 4.18. The third-order valence-electron chi connectivity index (χ3n) is 6.47. The highest BCUT2D eigenvalue weighted by atomic mass is 19.1. The number of methoxy groups -OCH3 is 1.